The maximum Gasteiger partial charge on any atom is 0.161 e. The molecule has 4 heteroatoms. The standard InChI is InChI=1S/C14H21NO3/c1-10-7-12(17-2)13(18-3)8-11(10)14(16)5-4-6-15-9-14/h7-8,15-16H,4-6,9H2,1-3H3. The minimum Gasteiger partial charge on any atom is -0.493 e. The summed E-state index contributed by atoms with van der Waals surface area (Å²) in [6.07, 6.45) is 1.75. The number of benzene rings is 1. The molecule has 0 saturated carbocycles. The lowest BCUT2D eigenvalue weighted by Gasteiger charge is -2.34. The van der Waals surface area contributed by atoms with Crippen molar-refractivity contribution >= 4 is 0 Å². The van der Waals surface area contributed by atoms with Gasteiger partial charge in [-0.1, -0.05) is 0 Å². The average molecular weight is 251 g/mol. The first kappa shape index (κ1) is 13.2. The van der Waals surface area contributed by atoms with Gasteiger partial charge in [0.25, 0.3) is 0 Å². The van der Waals surface area contributed by atoms with E-state index >= 15 is 0 Å². The van der Waals surface area contributed by atoms with Crippen molar-refractivity contribution in [2.24, 2.45) is 0 Å². The van der Waals surface area contributed by atoms with E-state index in [0.29, 0.717) is 18.0 Å². The van der Waals surface area contributed by atoms with Crippen LogP contribution in [0.2, 0.25) is 0 Å². The van der Waals surface area contributed by atoms with Crippen LogP contribution >= 0.6 is 0 Å². The fraction of sp³-hybridized carbons (Fsp3) is 0.571. The molecular formula is C14H21NO3. The smallest absolute Gasteiger partial charge is 0.161 e. The van der Waals surface area contributed by atoms with Crippen molar-refractivity contribution in [1.82, 2.24) is 5.32 Å². The fourth-order valence-electron chi connectivity index (χ4n) is 2.60. The Morgan fingerprint density at radius 3 is 2.44 bits per heavy atom. The Labute approximate surface area is 108 Å². The molecule has 1 heterocycles. The van der Waals surface area contributed by atoms with Crippen LogP contribution in [0.4, 0.5) is 0 Å². The summed E-state index contributed by atoms with van der Waals surface area (Å²) < 4.78 is 10.6. The molecule has 1 atom stereocenters. The van der Waals surface area contributed by atoms with Crippen molar-refractivity contribution in [3.05, 3.63) is 23.3 Å². The summed E-state index contributed by atoms with van der Waals surface area (Å²) in [6, 6.07) is 3.81. The van der Waals surface area contributed by atoms with Crippen LogP contribution in [0.25, 0.3) is 0 Å². The maximum absolute atomic E-state index is 10.7. The molecule has 0 spiro atoms. The van der Waals surface area contributed by atoms with E-state index in [1.54, 1.807) is 14.2 Å². The summed E-state index contributed by atoms with van der Waals surface area (Å²) in [5.41, 5.74) is 1.15. The monoisotopic (exact) mass is 251 g/mol. The van der Waals surface area contributed by atoms with Crippen LogP contribution in [0, 0.1) is 6.92 Å². The predicted molar refractivity (Wildman–Crippen MR) is 70.3 cm³/mol. The molecular weight excluding hydrogens is 230 g/mol. The van der Waals surface area contributed by atoms with Gasteiger partial charge in [0, 0.05) is 6.54 Å². The molecule has 1 saturated heterocycles. The van der Waals surface area contributed by atoms with Gasteiger partial charge in [-0.15, -0.1) is 0 Å². The molecule has 1 aliphatic rings. The van der Waals surface area contributed by atoms with Crippen LogP contribution in [0.15, 0.2) is 12.1 Å². The van der Waals surface area contributed by atoms with E-state index in [2.05, 4.69) is 5.32 Å². The Balaban J connectivity index is 2.43. The quantitative estimate of drug-likeness (QED) is 0.856. The van der Waals surface area contributed by atoms with Gasteiger partial charge in [-0.2, -0.15) is 0 Å². The van der Waals surface area contributed by atoms with Crippen LogP contribution < -0.4 is 14.8 Å². The molecule has 2 N–H and O–H groups in total. The summed E-state index contributed by atoms with van der Waals surface area (Å²) in [5.74, 6) is 1.36. The highest BCUT2D eigenvalue weighted by Crippen LogP contribution is 2.37. The molecule has 0 radical (unpaired) electrons. The zero-order valence-electron chi connectivity index (χ0n) is 11.2. The number of piperidine rings is 1. The summed E-state index contributed by atoms with van der Waals surface area (Å²) in [6.45, 7) is 3.54. The average Bonchev–Trinajstić information content (AvgIpc) is 2.39. The van der Waals surface area contributed by atoms with Crippen molar-refractivity contribution < 1.29 is 14.6 Å². The van der Waals surface area contributed by atoms with Crippen molar-refractivity contribution in [2.75, 3.05) is 27.3 Å². The van der Waals surface area contributed by atoms with E-state index in [1.807, 2.05) is 19.1 Å². The van der Waals surface area contributed by atoms with E-state index < -0.39 is 5.60 Å². The number of hydrogen-bond acceptors (Lipinski definition) is 4. The van der Waals surface area contributed by atoms with Gasteiger partial charge in [-0.3, -0.25) is 0 Å². The van der Waals surface area contributed by atoms with Crippen molar-refractivity contribution in [1.29, 1.82) is 0 Å². The lowest BCUT2D eigenvalue weighted by molar-refractivity contribution is 0.0115. The Bertz CT molecular complexity index is 425. The zero-order valence-corrected chi connectivity index (χ0v) is 11.2. The Kier molecular flexibility index (Phi) is 3.78. The van der Waals surface area contributed by atoms with Gasteiger partial charge < -0.3 is 19.9 Å². The first-order chi connectivity index (χ1) is 8.60. The lowest BCUT2D eigenvalue weighted by atomic mass is 9.84. The number of β-amino-alcohol motifs (C(OH)–C–C–N with tert-alkyl or cyclic N) is 1. The Morgan fingerprint density at radius 1 is 1.22 bits per heavy atom. The highest BCUT2D eigenvalue weighted by atomic mass is 16.5. The minimum absolute atomic E-state index is 0.587. The molecule has 0 aliphatic carbocycles. The van der Waals surface area contributed by atoms with Crippen molar-refractivity contribution in [2.45, 2.75) is 25.4 Å². The van der Waals surface area contributed by atoms with Crippen LogP contribution in [0.5, 0.6) is 11.5 Å². The molecule has 0 aromatic heterocycles. The number of aryl methyl sites for hydroxylation is 1. The SMILES string of the molecule is COc1cc(C)c(C2(O)CCCNC2)cc1OC. The van der Waals surface area contributed by atoms with Gasteiger partial charge in [-0.25, -0.2) is 0 Å². The van der Waals surface area contributed by atoms with Gasteiger partial charge >= 0.3 is 0 Å². The largest absolute Gasteiger partial charge is 0.493 e. The third-order valence-electron chi connectivity index (χ3n) is 3.59. The van der Waals surface area contributed by atoms with E-state index in [1.165, 1.54) is 0 Å². The normalized spacial score (nSPS) is 23.8. The Morgan fingerprint density at radius 2 is 1.89 bits per heavy atom. The molecule has 0 bridgehead atoms. The van der Waals surface area contributed by atoms with Gasteiger partial charge in [-0.05, 0) is 49.6 Å². The van der Waals surface area contributed by atoms with Crippen LogP contribution in [-0.2, 0) is 5.60 Å². The fourth-order valence-corrected chi connectivity index (χ4v) is 2.60. The third kappa shape index (κ3) is 2.31. The number of hydrogen-bond donors (Lipinski definition) is 2. The molecule has 2 rings (SSSR count). The molecule has 18 heavy (non-hydrogen) atoms. The summed E-state index contributed by atoms with van der Waals surface area (Å²) in [7, 11) is 3.23. The molecule has 1 aliphatic heterocycles. The van der Waals surface area contributed by atoms with Crippen LogP contribution in [-0.4, -0.2) is 32.4 Å². The predicted octanol–water partition coefficient (Wildman–Crippen LogP) is 1.58. The van der Waals surface area contributed by atoms with Gasteiger partial charge in [0.15, 0.2) is 11.5 Å². The second-order valence-corrected chi connectivity index (χ2v) is 4.83. The first-order valence-corrected chi connectivity index (χ1v) is 6.27. The van der Waals surface area contributed by atoms with Gasteiger partial charge in [0.05, 0.1) is 14.2 Å². The number of nitrogens with one attached hydrogen (secondary N) is 1. The van der Waals surface area contributed by atoms with E-state index in [0.717, 1.165) is 30.5 Å². The molecule has 100 valence electrons. The van der Waals surface area contributed by atoms with E-state index in [9.17, 15) is 5.11 Å². The number of methoxy groups -OCH3 is 2. The number of rotatable bonds is 3. The maximum atomic E-state index is 10.7. The van der Waals surface area contributed by atoms with E-state index in [4.69, 9.17) is 9.47 Å². The number of ether oxygens (including phenoxy) is 2. The first-order valence-electron chi connectivity index (χ1n) is 6.27. The third-order valence-corrected chi connectivity index (χ3v) is 3.59. The van der Waals surface area contributed by atoms with Crippen molar-refractivity contribution in [3.63, 3.8) is 0 Å². The second kappa shape index (κ2) is 5.16. The molecule has 1 unspecified atom stereocenters. The number of aliphatic hydroxyl groups is 1. The minimum atomic E-state index is -0.804. The summed E-state index contributed by atoms with van der Waals surface area (Å²) in [4.78, 5) is 0. The summed E-state index contributed by atoms with van der Waals surface area (Å²) >= 11 is 0. The molecule has 4 nitrogen and oxygen atoms in total. The van der Waals surface area contributed by atoms with Crippen LogP contribution in [0.1, 0.15) is 24.0 Å². The van der Waals surface area contributed by atoms with Gasteiger partial charge in [0.2, 0.25) is 0 Å². The lowest BCUT2D eigenvalue weighted by Crippen LogP contribution is -2.43. The molecule has 1 fully saturated rings. The highest BCUT2D eigenvalue weighted by molar-refractivity contribution is 5.49. The second-order valence-electron chi connectivity index (χ2n) is 4.83. The molecule has 1 aromatic carbocycles. The zero-order chi connectivity index (χ0) is 13.2. The molecule has 0 amide bonds. The van der Waals surface area contributed by atoms with E-state index in [-0.39, 0.29) is 0 Å². The summed E-state index contributed by atoms with van der Waals surface area (Å²) in [5, 5.41) is 14.0. The van der Waals surface area contributed by atoms with Crippen molar-refractivity contribution in [3.8, 4) is 11.5 Å². The van der Waals surface area contributed by atoms with Crippen LogP contribution in [0.3, 0.4) is 0 Å². The highest BCUT2D eigenvalue weighted by Gasteiger charge is 2.33. The van der Waals surface area contributed by atoms with Gasteiger partial charge in [0.1, 0.15) is 5.60 Å². The topological polar surface area (TPSA) is 50.7 Å². The molecule has 1 aromatic rings. The Hall–Kier alpha value is -1.26.